The number of fused-ring (bicyclic) bond motifs is 8. The normalized spacial score (nSPS) is 37.0. The average Bonchev–Trinajstić information content (AvgIpc) is 3.06. The maximum atomic E-state index is 11.5. The van der Waals surface area contributed by atoms with E-state index in [9.17, 15) is 9.59 Å². The van der Waals surface area contributed by atoms with Crippen molar-refractivity contribution in [3.8, 4) is 0 Å². The summed E-state index contributed by atoms with van der Waals surface area (Å²) >= 11 is 1.94. The molecule has 1 aromatic rings. The zero-order valence-electron chi connectivity index (χ0n) is 13.2. The van der Waals surface area contributed by atoms with E-state index in [1.807, 2.05) is 11.8 Å². The first-order chi connectivity index (χ1) is 11.1. The predicted molar refractivity (Wildman–Crippen MR) is 86.8 cm³/mol. The second-order valence-corrected chi connectivity index (χ2v) is 7.92. The number of ether oxygens (including phenoxy) is 2. The van der Waals surface area contributed by atoms with Crippen molar-refractivity contribution in [3.63, 3.8) is 0 Å². The van der Waals surface area contributed by atoms with Crippen LogP contribution in [0.25, 0.3) is 0 Å². The second-order valence-electron chi connectivity index (χ2n) is 6.63. The largest absolute Gasteiger partial charge is 0.462 e. The van der Waals surface area contributed by atoms with Gasteiger partial charge in [0.15, 0.2) is 0 Å². The van der Waals surface area contributed by atoms with E-state index in [1.165, 1.54) is 25.0 Å². The highest BCUT2D eigenvalue weighted by atomic mass is 32.2. The molecule has 3 aliphatic rings. The first-order valence-corrected chi connectivity index (χ1v) is 9.09. The third kappa shape index (κ3) is 2.36. The summed E-state index contributed by atoms with van der Waals surface area (Å²) in [5, 5.41) is 0.674. The van der Waals surface area contributed by atoms with E-state index in [-0.39, 0.29) is 36.0 Å². The van der Waals surface area contributed by atoms with Gasteiger partial charge >= 0.3 is 11.9 Å². The fraction of sp³-hybridized carbons (Fsp3) is 0.556. The molecule has 0 N–H and O–H groups in total. The molecule has 1 aliphatic carbocycles. The van der Waals surface area contributed by atoms with Gasteiger partial charge in [0.25, 0.3) is 0 Å². The van der Waals surface area contributed by atoms with Crippen LogP contribution in [0.4, 0.5) is 0 Å². The van der Waals surface area contributed by atoms with Crippen LogP contribution in [0.2, 0.25) is 0 Å². The van der Waals surface area contributed by atoms with Crippen LogP contribution in [0.5, 0.6) is 0 Å². The van der Waals surface area contributed by atoms with Crippen molar-refractivity contribution >= 4 is 23.7 Å². The molecule has 4 nitrogen and oxygen atoms in total. The molecule has 5 heteroatoms. The lowest BCUT2D eigenvalue weighted by molar-refractivity contribution is -0.166. The molecule has 2 aliphatic heterocycles. The minimum absolute atomic E-state index is 0.0693. The molecule has 6 atom stereocenters. The molecule has 122 valence electrons. The highest BCUT2D eigenvalue weighted by molar-refractivity contribution is 8.00. The Balaban J connectivity index is 1.71. The molecule has 4 rings (SSSR count). The van der Waals surface area contributed by atoms with Crippen LogP contribution < -0.4 is 0 Å². The van der Waals surface area contributed by atoms with E-state index < -0.39 is 0 Å². The first kappa shape index (κ1) is 15.1. The molecule has 2 heterocycles. The Bertz CT molecular complexity index is 603. The van der Waals surface area contributed by atoms with Crippen LogP contribution in [0.3, 0.4) is 0 Å². The summed E-state index contributed by atoms with van der Waals surface area (Å²) < 4.78 is 11.3. The molecule has 2 unspecified atom stereocenters. The van der Waals surface area contributed by atoms with Gasteiger partial charge in [-0.25, -0.2) is 0 Å². The number of hydrogen-bond acceptors (Lipinski definition) is 5. The minimum Gasteiger partial charge on any atom is -0.462 e. The molecule has 1 saturated carbocycles. The number of carbonyl (C=O) groups excluding carboxylic acids is 2. The van der Waals surface area contributed by atoms with Gasteiger partial charge in [-0.1, -0.05) is 24.3 Å². The SMILES string of the molecule is CC(=O)O[C@H]1CC[C@@H](OC(C)=O)C2C1[C@@H]1S[C@H]2c2ccccc21. The summed E-state index contributed by atoms with van der Waals surface area (Å²) in [6.07, 6.45) is 1.40. The highest BCUT2D eigenvalue weighted by Crippen LogP contribution is 2.70. The van der Waals surface area contributed by atoms with Gasteiger partial charge in [0.2, 0.25) is 0 Å². The van der Waals surface area contributed by atoms with Crippen LogP contribution >= 0.6 is 11.8 Å². The van der Waals surface area contributed by atoms with E-state index in [2.05, 4.69) is 24.3 Å². The lowest BCUT2D eigenvalue weighted by Crippen LogP contribution is -2.46. The Morgan fingerprint density at radius 3 is 1.74 bits per heavy atom. The molecule has 1 aromatic carbocycles. The molecule has 0 aromatic heterocycles. The number of benzene rings is 1. The molecule has 2 fully saturated rings. The fourth-order valence-corrected chi connectivity index (χ4v) is 6.75. The molecule has 23 heavy (non-hydrogen) atoms. The Kier molecular flexibility index (Phi) is 3.63. The third-order valence-corrected chi connectivity index (χ3v) is 7.00. The summed E-state index contributed by atoms with van der Waals surface area (Å²) in [6.45, 7) is 2.95. The van der Waals surface area contributed by atoms with Crippen molar-refractivity contribution in [3.05, 3.63) is 35.4 Å². The topological polar surface area (TPSA) is 52.6 Å². The zero-order valence-corrected chi connectivity index (χ0v) is 14.0. The van der Waals surface area contributed by atoms with E-state index in [4.69, 9.17) is 9.47 Å². The molecule has 2 bridgehead atoms. The highest BCUT2D eigenvalue weighted by Gasteiger charge is 2.59. The Hall–Kier alpha value is -1.49. The van der Waals surface area contributed by atoms with Crippen LogP contribution in [0.1, 0.15) is 48.3 Å². The van der Waals surface area contributed by atoms with Crippen LogP contribution in [0.15, 0.2) is 24.3 Å². The third-order valence-electron chi connectivity index (χ3n) is 5.27. The summed E-state index contributed by atoms with van der Waals surface area (Å²) in [7, 11) is 0. The van der Waals surface area contributed by atoms with Crippen molar-refractivity contribution < 1.29 is 19.1 Å². The Morgan fingerprint density at radius 1 is 0.913 bits per heavy atom. The molecule has 0 radical (unpaired) electrons. The van der Waals surface area contributed by atoms with Crippen LogP contribution in [-0.4, -0.2) is 24.1 Å². The number of hydrogen-bond donors (Lipinski definition) is 0. The Morgan fingerprint density at radius 2 is 1.35 bits per heavy atom. The van der Waals surface area contributed by atoms with E-state index in [0.29, 0.717) is 10.5 Å². The second kappa shape index (κ2) is 5.55. The van der Waals surface area contributed by atoms with Gasteiger partial charge in [-0.2, -0.15) is 0 Å². The van der Waals surface area contributed by atoms with Crippen molar-refractivity contribution in [2.75, 3.05) is 0 Å². The summed E-state index contributed by atoms with van der Waals surface area (Å²) in [6, 6.07) is 8.51. The quantitative estimate of drug-likeness (QED) is 0.777. The number of rotatable bonds is 2. The molecule has 1 saturated heterocycles. The average molecular weight is 332 g/mol. The summed E-state index contributed by atoms with van der Waals surface area (Å²) in [5.74, 6) is 0.0327. The van der Waals surface area contributed by atoms with Gasteiger partial charge in [0, 0.05) is 36.2 Å². The van der Waals surface area contributed by atoms with Crippen LogP contribution in [-0.2, 0) is 19.1 Å². The van der Waals surface area contributed by atoms with Crippen molar-refractivity contribution in [2.45, 2.75) is 49.4 Å². The van der Waals surface area contributed by atoms with Crippen molar-refractivity contribution in [1.29, 1.82) is 0 Å². The van der Waals surface area contributed by atoms with Crippen molar-refractivity contribution in [1.82, 2.24) is 0 Å². The smallest absolute Gasteiger partial charge is 0.302 e. The minimum atomic E-state index is -0.222. The maximum Gasteiger partial charge on any atom is 0.302 e. The lowest BCUT2D eigenvalue weighted by Gasteiger charge is -2.43. The summed E-state index contributed by atoms with van der Waals surface area (Å²) in [5.41, 5.74) is 2.73. The lowest BCUT2D eigenvalue weighted by atomic mass is 9.66. The predicted octanol–water partition coefficient (Wildman–Crippen LogP) is 3.42. The van der Waals surface area contributed by atoms with Crippen LogP contribution in [0, 0.1) is 11.8 Å². The van der Waals surface area contributed by atoms with E-state index >= 15 is 0 Å². The Labute approximate surface area is 139 Å². The van der Waals surface area contributed by atoms with Crippen molar-refractivity contribution in [2.24, 2.45) is 11.8 Å². The number of esters is 2. The zero-order chi connectivity index (χ0) is 16.1. The van der Waals surface area contributed by atoms with Gasteiger partial charge in [-0.15, -0.1) is 11.8 Å². The standard InChI is InChI=1S/C18H20O4S/c1-9(19)21-13-7-8-14(22-10(2)20)16-15(13)17-11-5-3-4-6-12(11)18(16)23-17/h3-6,13-18H,7-8H2,1-2H3/t13-,14+,15?,16?,17+,18-. The van der Waals surface area contributed by atoms with Gasteiger partial charge < -0.3 is 9.47 Å². The van der Waals surface area contributed by atoms with E-state index in [0.717, 1.165) is 12.8 Å². The fourth-order valence-electron chi connectivity index (χ4n) is 4.63. The molecular formula is C18H20O4S. The van der Waals surface area contributed by atoms with E-state index in [1.54, 1.807) is 0 Å². The van der Waals surface area contributed by atoms with Gasteiger partial charge in [-0.05, 0) is 24.0 Å². The maximum absolute atomic E-state index is 11.5. The molecule has 0 amide bonds. The molecular weight excluding hydrogens is 312 g/mol. The van der Waals surface area contributed by atoms with Gasteiger partial charge in [-0.3, -0.25) is 9.59 Å². The number of thioether (sulfide) groups is 1. The van der Waals surface area contributed by atoms with Gasteiger partial charge in [0.1, 0.15) is 12.2 Å². The monoisotopic (exact) mass is 332 g/mol. The number of carbonyl (C=O) groups is 2. The summed E-state index contributed by atoms with van der Waals surface area (Å²) in [4.78, 5) is 23.0. The van der Waals surface area contributed by atoms with Gasteiger partial charge in [0.05, 0.1) is 0 Å². The molecule has 0 spiro atoms. The first-order valence-electron chi connectivity index (χ1n) is 8.15.